The predicted octanol–water partition coefficient (Wildman–Crippen LogP) is 4.03. The highest BCUT2D eigenvalue weighted by molar-refractivity contribution is 7.07. The van der Waals surface area contributed by atoms with Crippen molar-refractivity contribution in [1.29, 1.82) is 0 Å². The molecule has 2 amide bonds. The molecule has 0 aliphatic carbocycles. The van der Waals surface area contributed by atoms with Crippen LogP contribution in [-0.4, -0.2) is 30.8 Å². The lowest BCUT2D eigenvalue weighted by Crippen LogP contribution is -2.44. The highest BCUT2D eigenvalue weighted by Gasteiger charge is 2.33. The van der Waals surface area contributed by atoms with E-state index >= 15 is 0 Å². The van der Waals surface area contributed by atoms with Gasteiger partial charge in [0.15, 0.2) is 0 Å². The van der Waals surface area contributed by atoms with Gasteiger partial charge in [-0.3, -0.25) is 0 Å². The average Bonchev–Trinajstić information content (AvgIpc) is 3.04. The summed E-state index contributed by atoms with van der Waals surface area (Å²) in [6.07, 6.45) is -4.45. The molecule has 1 aromatic carbocycles. The van der Waals surface area contributed by atoms with Crippen LogP contribution >= 0.6 is 11.3 Å². The number of carbonyl (C=O) groups is 1. The van der Waals surface area contributed by atoms with E-state index in [1.165, 1.54) is 18.4 Å². The van der Waals surface area contributed by atoms with Gasteiger partial charge in [0.05, 0.1) is 7.11 Å². The molecule has 0 unspecified atom stereocenters. The zero-order valence-electron chi connectivity index (χ0n) is 13.0. The minimum atomic E-state index is -4.45. The van der Waals surface area contributed by atoms with Crippen LogP contribution in [0.1, 0.15) is 11.1 Å². The molecule has 0 spiro atoms. The van der Waals surface area contributed by atoms with Gasteiger partial charge >= 0.3 is 12.2 Å². The third-order valence-corrected chi connectivity index (χ3v) is 3.95. The minimum absolute atomic E-state index is 0.0859. The summed E-state index contributed by atoms with van der Waals surface area (Å²) in [6, 6.07) is 7.87. The van der Waals surface area contributed by atoms with Crippen LogP contribution in [0, 0.1) is 0 Å². The first-order valence-electron chi connectivity index (χ1n) is 7.11. The zero-order valence-corrected chi connectivity index (χ0v) is 13.8. The number of benzene rings is 1. The number of hydrogen-bond acceptors (Lipinski definition) is 3. The molecule has 2 aromatic rings. The summed E-state index contributed by atoms with van der Waals surface area (Å²) in [5, 5.41) is 6.00. The fourth-order valence-electron chi connectivity index (χ4n) is 2.05. The predicted molar refractivity (Wildman–Crippen MR) is 86.0 cm³/mol. The molecule has 4 nitrogen and oxygen atoms in total. The van der Waals surface area contributed by atoms with Crippen LogP contribution in [0.15, 0.2) is 41.1 Å². The van der Waals surface area contributed by atoms with Gasteiger partial charge in [0.1, 0.15) is 12.3 Å². The Morgan fingerprint density at radius 2 is 1.92 bits per heavy atom. The molecule has 0 saturated heterocycles. The summed E-state index contributed by atoms with van der Waals surface area (Å²) in [7, 11) is 1.54. The Hall–Kier alpha value is -2.22. The number of halogens is 3. The fraction of sp³-hybridized carbons (Fsp3) is 0.312. The number of thiophene rings is 1. The van der Waals surface area contributed by atoms with E-state index in [2.05, 4.69) is 5.32 Å². The number of ether oxygens (including phenoxy) is 1. The van der Waals surface area contributed by atoms with Crippen molar-refractivity contribution in [3.05, 3.63) is 52.2 Å². The number of alkyl halides is 3. The van der Waals surface area contributed by atoms with Crippen molar-refractivity contribution in [3.63, 3.8) is 0 Å². The first-order valence-corrected chi connectivity index (χ1v) is 8.05. The van der Waals surface area contributed by atoms with E-state index in [9.17, 15) is 18.0 Å². The lowest BCUT2D eigenvalue weighted by Gasteiger charge is -2.24. The largest absolute Gasteiger partial charge is 0.497 e. The second kappa shape index (κ2) is 8.05. The number of carbonyl (C=O) groups excluding carboxylic acids is 1. The number of nitrogens with zero attached hydrogens (tertiary/aromatic N) is 1. The smallest absolute Gasteiger partial charge is 0.406 e. The standard InChI is InChI=1S/C16H17F3N2O2S/c1-23-14-4-2-12(3-5-14)8-20-15(22)21(11-16(17,18)19)9-13-6-7-24-10-13/h2-7,10H,8-9,11H2,1H3,(H,20,22). The molecule has 0 atom stereocenters. The van der Waals surface area contributed by atoms with E-state index in [-0.39, 0.29) is 13.1 Å². The maximum atomic E-state index is 12.7. The van der Waals surface area contributed by atoms with E-state index in [4.69, 9.17) is 4.74 Å². The summed E-state index contributed by atoms with van der Waals surface area (Å²) in [4.78, 5) is 12.9. The monoisotopic (exact) mass is 358 g/mol. The van der Waals surface area contributed by atoms with Gasteiger partial charge < -0.3 is 15.0 Å². The van der Waals surface area contributed by atoms with Crippen LogP contribution in [0.4, 0.5) is 18.0 Å². The molecule has 0 radical (unpaired) electrons. The molecule has 24 heavy (non-hydrogen) atoms. The van der Waals surface area contributed by atoms with Gasteiger partial charge in [-0.05, 0) is 40.1 Å². The second-order valence-corrected chi connectivity index (χ2v) is 5.89. The molecule has 0 fully saturated rings. The molecule has 1 heterocycles. The van der Waals surface area contributed by atoms with Gasteiger partial charge in [-0.2, -0.15) is 24.5 Å². The van der Waals surface area contributed by atoms with Crippen LogP contribution in [0.2, 0.25) is 0 Å². The van der Waals surface area contributed by atoms with Crippen molar-refractivity contribution >= 4 is 17.4 Å². The number of methoxy groups -OCH3 is 1. The van der Waals surface area contributed by atoms with Crippen molar-refractivity contribution in [2.45, 2.75) is 19.3 Å². The maximum absolute atomic E-state index is 12.7. The molecule has 0 saturated carbocycles. The van der Waals surface area contributed by atoms with Crippen LogP contribution < -0.4 is 10.1 Å². The van der Waals surface area contributed by atoms with Gasteiger partial charge in [-0.15, -0.1) is 0 Å². The Morgan fingerprint density at radius 3 is 2.46 bits per heavy atom. The number of urea groups is 1. The maximum Gasteiger partial charge on any atom is 0.406 e. The van der Waals surface area contributed by atoms with Gasteiger partial charge in [0, 0.05) is 13.1 Å². The third-order valence-electron chi connectivity index (χ3n) is 3.21. The van der Waals surface area contributed by atoms with Crippen LogP contribution in [0.3, 0.4) is 0 Å². The van der Waals surface area contributed by atoms with Crippen LogP contribution in [0.25, 0.3) is 0 Å². The van der Waals surface area contributed by atoms with Gasteiger partial charge in [-0.25, -0.2) is 4.79 Å². The number of nitrogens with one attached hydrogen (secondary N) is 1. The first-order chi connectivity index (χ1) is 11.4. The SMILES string of the molecule is COc1ccc(CNC(=O)N(Cc2ccsc2)CC(F)(F)F)cc1. The average molecular weight is 358 g/mol. The third kappa shape index (κ3) is 5.77. The number of hydrogen-bond donors (Lipinski definition) is 1. The Bertz CT molecular complexity index is 642. The molecule has 0 aliphatic rings. The van der Waals surface area contributed by atoms with Crippen LogP contribution in [-0.2, 0) is 13.1 Å². The summed E-state index contributed by atoms with van der Waals surface area (Å²) in [6.45, 7) is -1.24. The summed E-state index contributed by atoms with van der Waals surface area (Å²) in [5.41, 5.74) is 1.44. The van der Waals surface area contributed by atoms with Crippen molar-refractivity contribution in [3.8, 4) is 5.75 Å². The Kier molecular flexibility index (Phi) is 6.08. The Labute approximate surface area is 141 Å². The molecule has 1 aromatic heterocycles. The van der Waals surface area contributed by atoms with Crippen molar-refractivity contribution < 1.29 is 22.7 Å². The molecular weight excluding hydrogens is 341 g/mol. The summed E-state index contributed by atoms with van der Waals surface area (Å²) in [5.74, 6) is 0.668. The van der Waals surface area contributed by atoms with Crippen molar-refractivity contribution in [2.24, 2.45) is 0 Å². The molecule has 0 bridgehead atoms. The zero-order chi connectivity index (χ0) is 17.6. The normalized spacial score (nSPS) is 11.2. The topological polar surface area (TPSA) is 41.6 Å². The summed E-state index contributed by atoms with van der Waals surface area (Å²) >= 11 is 1.37. The Morgan fingerprint density at radius 1 is 1.21 bits per heavy atom. The Balaban J connectivity index is 1.97. The lowest BCUT2D eigenvalue weighted by molar-refractivity contribution is -0.140. The quantitative estimate of drug-likeness (QED) is 0.847. The van der Waals surface area contributed by atoms with Gasteiger partial charge in [0.25, 0.3) is 0 Å². The highest BCUT2D eigenvalue weighted by atomic mass is 32.1. The highest BCUT2D eigenvalue weighted by Crippen LogP contribution is 2.19. The lowest BCUT2D eigenvalue weighted by atomic mass is 10.2. The van der Waals surface area contributed by atoms with Crippen molar-refractivity contribution in [2.75, 3.05) is 13.7 Å². The van der Waals surface area contributed by atoms with E-state index < -0.39 is 18.8 Å². The van der Waals surface area contributed by atoms with Crippen LogP contribution in [0.5, 0.6) is 5.75 Å². The number of amides is 2. The first kappa shape index (κ1) is 18.1. The second-order valence-electron chi connectivity index (χ2n) is 5.11. The van der Waals surface area contributed by atoms with Gasteiger partial charge in [-0.1, -0.05) is 12.1 Å². The molecule has 2 rings (SSSR count). The molecule has 8 heteroatoms. The van der Waals surface area contributed by atoms with E-state index in [1.807, 2.05) is 0 Å². The summed E-state index contributed by atoms with van der Waals surface area (Å²) < 4.78 is 43.2. The van der Waals surface area contributed by atoms with E-state index in [1.54, 1.807) is 41.1 Å². The fourth-order valence-corrected chi connectivity index (χ4v) is 2.71. The molecule has 130 valence electrons. The van der Waals surface area contributed by atoms with E-state index in [0.717, 1.165) is 10.5 Å². The molecular formula is C16H17F3N2O2S. The van der Waals surface area contributed by atoms with E-state index in [0.29, 0.717) is 11.3 Å². The number of rotatable bonds is 6. The van der Waals surface area contributed by atoms with Crippen molar-refractivity contribution in [1.82, 2.24) is 10.2 Å². The molecule has 1 N–H and O–H groups in total. The molecule has 0 aliphatic heterocycles. The minimum Gasteiger partial charge on any atom is -0.497 e. The van der Waals surface area contributed by atoms with Gasteiger partial charge in [0.2, 0.25) is 0 Å².